The van der Waals surface area contributed by atoms with Crippen LogP contribution in [-0.2, 0) is 20.8 Å². The molecule has 4 rings (SSSR count). The van der Waals surface area contributed by atoms with Crippen LogP contribution in [0.2, 0.25) is 0 Å². The second kappa shape index (κ2) is 8.19. The Morgan fingerprint density at radius 3 is 2.96 bits per heavy atom. The number of amides is 1. The predicted molar refractivity (Wildman–Crippen MR) is 107 cm³/mol. The molecule has 0 aliphatic carbocycles. The van der Waals surface area contributed by atoms with Crippen molar-refractivity contribution in [2.24, 2.45) is 5.92 Å². The number of carbonyl (C=O) groups is 1. The molecule has 1 aromatic heterocycles. The first-order chi connectivity index (χ1) is 13.6. The minimum Gasteiger partial charge on any atom is -0.381 e. The lowest BCUT2D eigenvalue weighted by Crippen LogP contribution is -2.55. The Morgan fingerprint density at radius 2 is 2.25 bits per heavy atom. The zero-order chi connectivity index (χ0) is 19.6. The Balaban J connectivity index is 1.33. The maximum Gasteiger partial charge on any atom is 0.252 e. The van der Waals surface area contributed by atoms with Crippen LogP contribution in [0.5, 0.6) is 0 Å². The number of nitrogens with zero attached hydrogens (tertiary/aromatic N) is 2. The third kappa shape index (κ3) is 4.06. The minimum atomic E-state index is -0.745. The third-order valence-electron chi connectivity index (χ3n) is 6.11. The molecule has 3 heterocycles. The van der Waals surface area contributed by atoms with E-state index in [2.05, 4.69) is 33.2 Å². The van der Waals surface area contributed by atoms with E-state index in [4.69, 9.17) is 9.47 Å². The van der Waals surface area contributed by atoms with Crippen LogP contribution >= 0.6 is 0 Å². The van der Waals surface area contributed by atoms with Gasteiger partial charge in [-0.3, -0.25) is 4.79 Å². The fourth-order valence-corrected chi connectivity index (χ4v) is 4.30. The quantitative estimate of drug-likeness (QED) is 0.794. The first-order valence-electron chi connectivity index (χ1n) is 10.2. The average Bonchev–Trinajstić information content (AvgIpc) is 3.36. The average molecular weight is 386 g/mol. The molecular formula is C21H30N4O3. The largest absolute Gasteiger partial charge is 0.381 e. The molecule has 2 saturated heterocycles. The molecule has 2 fully saturated rings. The zero-order valence-electron chi connectivity index (χ0n) is 16.8. The number of H-pyrrole nitrogens is 1. The first kappa shape index (κ1) is 19.4. The fourth-order valence-electron chi connectivity index (χ4n) is 4.30. The number of methoxy groups -OCH3 is 1. The number of imidazole rings is 1. The van der Waals surface area contributed by atoms with Crippen molar-refractivity contribution in [3.05, 3.63) is 29.6 Å². The van der Waals surface area contributed by atoms with Crippen LogP contribution in [0.15, 0.2) is 18.2 Å². The van der Waals surface area contributed by atoms with Gasteiger partial charge in [0.05, 0.1) is 24.2 Å². The maximum atomic E-state index is 12.9. The molecule has 2 aromatic rings. The third-order valence-corrected chi connectivity index (χ3v) is 6.11. The number of rotatable bonds is 6. The van der Waals surface area contributed by atoms with Gasteiger partial charge in [0.1, 0.15) is 11.4 Å². The number of fused-ring (bicyclic) bond motifs is 1. The topological polar surface area (TPSA) is 79.5 Å². The lowest BCUT2D eigenvalue weighted by Gasteiger charge is -2.40. The summed E-state index contributed by atoms with van der Waals surface area (Å²) in [6.07, 6.45) is 2.56. The molecule has 7 heteroatoms. The van der Waals surface area contributed by atoms with Gasteiger partial charge in [-0.05, 0) is 49.8 Å². The van der Waals surface area contributed by atoms with Gasteiger partial charge in [-0.2, -0.15) is 0 Å². The van der Waals surface area contributed by atoms with Gasteiger partial charge in [0.25, 0.3) is 5.91 Å². The standard InChI is InChI=1S/C21H30N4O3/c1-15-3-4-17-18(11-15)24-19(23-17)12-22-20(26)21(27-2)6-8-25(9-7-21)13-16-5-10-28-14-16/h3-4,11,16H,5-10,12-14H2,1-2H3,(H,22,26)(H,23,24). The Hall–Kier alpha value is -1.96. The summed E-state index contributed by atoms with van der Waals surface area (Å²) in [5.41, 5.74) is 2.35. The summed E-state index contributed by atoms with van der Waals surface area (Å²) in [5.74, 6) is 1.34. The van der Waals surface area contributed by atoms with Gasteiger partial charge in [0.15, 0.2) is 0 Å². The molecule has 2 aliphatic rings. The SMILES string of the molecule is COC1(C(=O)NCc2nc3ccc(C)cc3[nH]2)CCN(CC2CCOC2)CC1. The van der Waals surface area contributed by atoms with E-state index < -0.39 is 5.60 Å². The molecule has 0 spiro atoms. The molecule has 1 unspecified atom stereocenters. The molecule has 2 aliphatic heterocycles. The van der Waals surface area contributed by atoms with E-state index in [1.807, 2.05) is 12.1 Å². The lowest BCUT2D eigenvalue weighted by atomic mass is 9.89. The van der Waals surface area contributed by atoms with Crippen LogP contribution in [0.4, 0.5) is 0 Å². The van der Waals surface area contributed by atoms with E-state index in [1.54, 1.807) is 7.11 Å². The highest BCUT2D eigenvalue weighted by molar-refractivity contribution is 5.85. The van der Waals surface area contributed by atoms with Crippen molar-refractivity contribution in [1.82, 2.24) is 20.2 Å². The smallest absolute Gasteiger partial charge is 0.252 e. The number of carbonyl (C=O) groups excluding carboxylic acids is 1. The van der Waals surface area contributed by atoms with Gasteiger partial charge in [0.2, 0.25) is 0 Å². The number of likely N-dealkylation sites (tertiary alicyclic amines) is 1. The van der Waals surface area contributed by atoms with Gasteiger partial charge in [-0.25, -0.2) is 4.98 Å². The molecule has 2 N–H and O–H groups in total. The van der Waals surface area contributed by atoms with E-state index in [-0.39, 0.29) is 5.91 Å². The van der Waals surface area contributed by atoms with Crippen LogP contribution in [0.1, 0.15) is 30.7 Å². The van der Waals surface area contributed by atoms with Gasteiger partial charge < -0.3 is 24.7 Å². The Labute approximate surface area is 165 Å². The molecule has 28 heavy (non-hydrogen) atoms. The predicted octanol–water partition coefficient (Wildman–Crippen LogP) is 2.01. The number of aromatic amines is 1. The Bertz CT molecular complexity index is 820. The van der Waals surface area contributed by atoms with Crippen LogP contribution < -0.4 is 5.32 Å². The molecule has 1 amide bonds. The van der Waals surface area contributed by atoms with Crippen LogP contribution in [-0.4, -0.2) is 66.3 Å². The number of ether oxygens (including phenoxy) is 2. The number of nitrogens with one attached hydrogen (secondary N) is 2. The van der Waals surface area contributed by atoms with E-state index >= 15 is 0 Å². The monoisotopic (exact) mass is 386 g/mol. The summed E-state index contributed by atoms with van der Waals surface area (Å²) in [6, 6.07) is 6.10. The van der Waals surface area contributed by atoms with Crippen molar-refractivity contribution in [2.75, 3.05) is 40.0 Å². The van der Waals surface area contributed by atoms with Gasteiger partial charge >= 0.3 is 0 Å². The van der Waals surface area contributed by atoms with Crippen molar-refractivity contribution in [2.45, 2.75) is 38.3 Å². The Kier molecular flexibility index (Phi) is 5.66. The molecule has 7 nitrogen and oxygen atoms in total. The molecule has 1 aromatic carbocycles. The van der Waals surface area contributed by atoms with Crippen molar-refractivity contribution in [3.8, 4) is 0 Å². The summed E-state index contributed by atoms with van der Waals surface area (Å²) in [4.78, 5) is 23.2. The summed E-state index contributed by atoms with van der Waals surface area (Å²) in [6.45, 7) is 6.98. The van der Waals surface area contributed by atoms with Crippen molar-refractivity contribution >= 4 is 16.9 Å². The van der Waals surface area contributed by atoms with E-state index in [9.17, 15) is 4.79 Å². The summed E-state index contributed by atoms with van der Waals surface area (Å²) >= 11 is 0. The van der Waals surface area contributed by atoms with Crippen LogP contribution in [0, 0.1) is 12.8 Å². The lowest BCUT2D eigenvalue weighted by molar-refractivity contribution is -0.150. The number of hydrogen-bond acceptors (Lipinski definition) is 5. The summed E-state index contributed by atoms with van der Waals surface area (Å²) < 4.78 is 11.2. The second-order valence-corrected chi connectivity index (χ2v) is 8.12. The first-order valence-corrected chi connectivity index (χ1v) is 10.2. The summed E-state index contributed by atoms with van der Waals surface area (Å²) in [5, 5.41) is 3.03. The minimum absolute atomic E-state index is 0.0458. The Morgan fingerprint density at radius 1 is 1.43 bits per heavy atom. The molecule has 1 atom stereocenters. The number of hydrogen-bond donors (Lipinski definition) is 2. The highest BCUT2D eigenvalue weighted by atomic mass is 16.5. The van der Waals surface area contributed by atoms with Crippen LogP contribution in [0.25, 0.3) is 11.0 Å². The van der Waals surface area contributed by atoms with Crippen LogP contribution in [0.3, 0.4) is 0 Å². The van der Waals surface area contributed by atoms with Crippen molar-refractivity contribution < 1.29 is 14.3 Å². The number of benzene rings is 1. The molecule has 0 bridgehead atoms. The van der Waals surface area contributed by atoms with Gasteiger partial charge in [-0.15, -0.1) is 0 Å². The number of piperidine rings is 1. The molecule has 152 valence electrons. The van der Waals surface area contributed by atoms with Crippen molar-refractivity contribution in [1.29, 1.82) is 0 Å². The van der Waals surface area contributed by atoms with Crippen molar-refractivity contribution in [3.63, 3.8) is 0 Å². The molecular weight excluding hydrogens is 356 g/mol. The highest BCUT2D eigenvalue weighted by Gasteiger charge is 2.41. The van der Waals surface area contributed by atoms with E-state index in [0.717, 1.165) is 56.1 Å². The number of aromatic nitrogens is 2. The van der Waals surface area contributed by atoms with Gasteiger partial charge in [-0.1, -0.05) is 6.07 Å². The summed E-state index contributed by atoms with van der Waals surface area (Å²) in [7, 11) is 1.64. The number of aryl methyl sites for hydroxylation is 1. The molecule has 0 saturated carbocycles. The normalized spacial score (nSPS) is 22.6. The second-order valence-electron chi connectivity index (χ2n) is 8.12. The van der Waals surface area contributed by atoms with E-state index in [1.165, 1.54) is 5.56 Å². The van der Waals surface area contributed by atoms with E-state index in [0.29, 0.717) is 25.3 Å². The highest BCUT2D eigenvalue weighted by Crippen LogP contribution is 2.27. The maximum absolute atomic E-state index is 12.9. The fraction of sp³-hybridized carbons (Fsp3) is 0.619. The molecule has 0 radical (unpaired) electrons. The zero-order valence-corrected chi connectivity index (χ0v) is 16.8. The van der Waals surface area contributed by atoms with Gasteiger partial charge in [0, 0.05) is 33.4 Å².